The topological polar surface area (TPSA) is 20.2 Å². The summed E-state index contributed by atoms with van der Waals surface area (Å²) in [5.41, 5.74) is 0.869. The summed E-state index contributed by atoms with van der Waals surface area (Å²) < 4.78 is 0. The summed E-state index contributed by atoms with van der Waals surface area (Å²) in [6.45, 7) is 11.5. The first-order chi connectivity index (χ1) is 5.07. The summed E-state index contributed by atoms with van der Waals surface area (Å²) in [5.74, 6) is 0.520. The molecule has 1 unspecified atom stereocenters. The highest BCUT2D eigenvalue weighted by atomic mass is 16.3. The van der Waals surface area contributed by atoms with Crippen LogP contribution in [0.15, 0.2) is 24.8 Å². The molecule has 0 saturated heterocycles. The molecule has 0 fully saturated rings. The van der Waals surface area contributed by atoms with Gasteiger partial charge in [-0.05, 0) is 24.3 Å². The molecule has 0 heterocycles. The maximum absolute atomic E-state index is 9.47. The van der Waals surface area contributed by atoms with Crippen molar-refractivity contribution in [1.82, 2.24) is 0 Å². The van der Waals surface area contributed by atoms with Gasteiger partial charge in [-0.2, -0.15) is 0 Å². The van der Waals surface area contributed by atoms with Crippen LogP contribution in [-0.2, 0) is 0 Å². The Kier molecular flexibility index (Phi) is 4.88. The van der Waals surface area contributed by atoms with E-state index in [1.807, 2.05) is 0 Å². The molecule has 0 aliphatic carbocycles. The number of hydrogen-bond acceptors (Lipinski definition) is 1. The van der Waals surface area contributed by atoms with E-state index in [0.717, 1.165) is 12.0 Å². The van der Waals surface area contributed by atoms with Crippen LogP contribution in [0.25, 0.3) is 0 Å². The van der Waals surface area contributed by atoms with E-state index in [1.54, 1.807) is 6.08 Å². The van der Waals surface area contributed by atoms with E-state index < -0.39 is 0 Å². The highest BCUT2D eigenvalue weighted by Gasteiger charge is 2.08. The quantitative estimate of drug-likeness (QED) is 0.603. The van der Waals surface area contributed by atoms with Gasteiger partial charge in [0, 0.05) is 0 Å². The third kappa shape index (κ3) is 4.79. The lowest BCUT2D eigenvalue weighted by atomic mass is 9.99. The zero-order valence-corrected chi connectivity index (χ0v) is 7.51. The minimum absolute atomic E-state index is 0.354. The van der Waals surface area contributed by atoms with Crippen LogP contribution in [0.4, 0.5) is 0 Å². The van der Waals surface area contributed by atoms with Crippen molar-refractivity contribution in [3.05, 3.63) is 24.8 Å². The molecule has 0 bridgehead atoms. The van der Waals surface area contributed by atoms with Gasteiger partial charge in [0.1, 0.15) is 0 Å². The van der Waals surface area contributed by atoms with E-state index in [-0.39, 0.29) is 6.10 Å². The maximum Gasteiger partial charge on any atom is 0.0752 e. The van der Waals surface area contributed by atoms with Gasteiger partial charge < -0.3 is 5.11 Å². The van der Waals surface area contributed by atoms with E-state index in [0.29, 0.717) is 12.3 Å². The van der Waals surface area contributed by atoms with Gasteiger partial charge in [-0.3, -0.25) is 0 Å². The Balaban J connectivity index is 3.72. The highest BCUT2D eigenvalue weighted by Crippen LogP contribution is 2.13. The van der Waals surface area contributed by atoms with Gasteiger partial charge in [0.25, 0.3) is 0 Å². The molecule has 0 aliphatic heterocycles. The normalized spacial score (nSPS) is 13.1. The molecule has 64 valence electrons. The van der Waals surface area contributed by atoms with Crippen LogP contribution < -0.4 is 0 Å². The van der Waals surface area contributed by atoms with Crippen molar-refractivity contribution < 1.29 is 5.11 Å². The van der Waals surface area contributed by atoms with Crippen molar-refractivity contribution in [3.8, 4) is 0 Å². The van der Waals surface area contributed by atoms with Gasteiger partial charge in [0.2, 0.25) is 0 Å². The first-order valence-electron chi connectivity index (χ1n) is 4.04. The van der Waals surface area contributed by atoms with E-state index >= 15 is 0 Å². The summed E-state index contributed by atoms with van der Waals surface area (Å²) in [6, 6.07) is 0. The predicted molar refractivity (Wildman–Crippen MR) is 49.4 cm³/mol. The lowest BCUT2D eigenvalue weighted by Crippen LogP contribution is -2.11. The Morgan fingerprint density at radius 1 is 1.55 bits per heavy atom. The van der Waals surface area contributed by atoms with Gasteiger partial charge in [0.15, 0.2) is 0 Å². The Hall–Kier alpha value is -0.560. The summed E-state index contributed by atoms with van der Waals surface area (Å²) in [4.78, 5) is 0. The second kappa shape index (κ2) is 5.14. The lowest BCUT2D eigenvalue weighted by Gasteiger charge is -2.14. The van der Waals surface area contributed by atoms with Crippen molar-refractivity contribution >= 4 is 0 Å². The molecule has 0 aliphatic rings. The summed E-state index contributed by atoms with van der Waals surface area (Å²) in [5, 5.41) is 9.47. The number of hydrogen-bond donors (Lipinski definition) is 1. The van der Waals surface area contributed by atoms with Gasteiger partial charge in [-0.15, -0.1) is 6.58 Å². The first-order valence-corrected chi connectivity index (χ1v) is 4.04. The minimum Gasteiger partial charge on any atom is -0.389 e. The average molecular weight is 154 g/mol. The Bertz CT molecular complexity index is 136. The highest BCUT2D eigenvalue weighted by molar-refractivity contribution is 5.05. The number of allylic oxidation sites excluding steroid dienone is 1. The molecule has 0 aromatic heterocycles. The molecule has 0 aromatic rings. The fraction of sp³-hybridized carbons (Fsp3) is 0.600. The Labute approximate surface area is 69.4 Å². The zero-order chi connectivity index (χ0) is 8.85. The van der Waals surface area contributed by atoms with Crippen LogP contribution in [0.2, 0.25) is 0 Å². The monoisotopic (exact) mass is 154 g/mol. The van der Waals surface area contributed by atoms with Crippen LogP contribution in [0.3, 0.4) is 0 Å². The largest absolute Gasteiger partial charge is 0.389 e. The lowest BCUT2D eigenvalue weighted by molar-refractivity contribution is 0.181. The van der Waals surface area contributed by atoms with Crippen LogP contribution >= 0.6 is 0 Å². The predicted octanol–water partition coefficient (Wildman–Crippen LogP) is 2.53. The van der Waals surface area contributed by atoms with E-state index in [9.17, 15) is 5.11 Å². The molecule has 0 aromatic carbocycles. The van der Waals surface area contributed by atoms with Gasteiger partial charge >= 0.3 is 0 Å². The van der Waals surface area contributed by atoms with Crippen molar-refractivity contribution in [2.45, 2.75) is 32.8 Å². The van der Waals surface area contributed by atoms with Gasteiger partial charge in [-0.25, -0.2) is 0 Å². The third-order valence-electron chi connectivity index (χ3n) is 1.57. The maximum atomic E-state index is 9.47. The second-order valence-corrected chi connectivity index (χ2v) is 3.30. The number of aliphatic hydroxyl groups excluding tert-OH is 1. The zero-order valence-electron chi connectivity index (χ0n) is 7.51. The minimum atomic E-state index is -0.354. The number of rotatable bonds is 5. The standard InChI is InChI=1S/C10H18O/c1-5-6-9(4)10(11)7-8(2)3/h5,8,10-11H,1,4,6-7H2,2-3H3. The first kappa shape index (κ1) is 10.4. The molecule has 0 amide bonds. The molecule has 1 heteroatoms. The fourth-order valence-corrected chi connectivity index (χ4v) is 0.935. The van der Waals surface area contributed by atoms with Crippen molar-refractivity contribution in [2.24, 2.45) is 5.92 Å². The smallest absolute Gasteiger partial charge is 0.0752 e. The molecular weight excluding hydrogens is 136 g/mol. The molecular formula is C10H18O. The van der Waals surface area contributed by atoms with E-state index in [2.05, 4.69) is 27.0 Å². The van der Waals surface area contributed by atoms with Gasteiger partial charge in [0.05, 0.1) is 6.10 Å². The molecule has 1 nitrogen and oxygen atoms in total. The average Bonchev–Trinajstić information content (AvgIpc) is 1.86. The molecule has 1 N–H and O–H groups in total. The second-order valence-electron chi connectivity index (χ2n) is 3.30. The Morgan fingerprint density at radius 2 is 2.09 bits per heavy atom. The van der Waals surface area contributed by atoms with Crippen LogP contribution in [0.1, 0.15) is 26.7 Å². The molecule has 0 rings (SSSR count). The number of aliphatic hydroxyl groups is 1. The van der Waals surface area contributed by atoms with E-state index in [4.69, 9.17) is 0 Å². The molecule has 11 heavy (non-hydrogen) atoms. The molecule has 0 spiro atoms. The van der Waals surface area contributed by atoms with Crippen LogP contribution in [-0.4, -0.2) is 11.2 Å². The fourth-order valence-electron chi connectivity index (χ4n) is 0.935. The summed E-state index contributed by atoms with van der Waals surface area (Å²) in [6.07, 6.45) is 2.93. The van der Waals surface area contributed by atoms with Crippen molar-refractivity contribution in [1.29, 1.82) is 0 Å². The van der Waals surface area contributed by atoms with Crippen LogP contribution in [0.5, 0.6) is 0 Å². The summed E-state index contributed by atoms with van der Waals surface area (Å²) >= 11 is 0. The third-order valence-corrected chi connectivity index (χ3v) is 1.57. The molecule has 0 saturated carbocycles. The van der Waals surface area contributed by atoms with Gasteiger partial charge in [-0.1, -0.05) is 26.5 Å². The van der Waals surface area contributed by atoms with Crippen molar-refractivity contribution in [2.75, 3.05) is 0 Å². The molecule has 1 atom stereocenters. The van der Waals surface area contributed by atoms with Crippen molar-refractivity contribution in [3.63, 3.8) is 0 Å². The summed E-state index contributed by atoms with van der Waals surface area (Å²) in [7, 11) is 0. The Morgan fingerprint density at radius 3 is 2.45 bits per heavy atom. The SMILES string of the molecule is C=CCC(=C)C(O)CC(C)C. The molecule has 0 radical (unpaired) electrons. The van der Waals surface area contributed by atoms with E-state index in [1.165, 1.54) is 0 Å². The van der Waals surface area contributed by atoms with Crippen LogP contribution in [0, 0.1) is 5.92 Å².